The van der Waals surface area contributed by atoms with Gasteiger partial charge in [-0.2, -0.15) is 14.9 Å². The second-order valence-corrected chi connectivity index (χ2v) is 5.14. The number of aryl methyl sites for hydroxylation is 1. The molecule has 0 saturated carbocycles. The van der Waals surface area contributed by atoms with E-state index in [9.17, 15) is 0 Å². The van der Waals surface area contributed by atoms with E-state index in [0.29, 0.717) is 4.77 Å². The van der Waals surface area contributed by atoms with Gasteiger partial charge < -0.3 is 4.74 Å². The summed E-state index contributed by atoms with van der Waals surface area (Å²) in [6.45, 7) is 2.01. The molecule has 0 fully saturated rings. The van der Waals surface area contributed by atoms with Crippen LogP contribution in [0.1, 0.15) is 18.3 Å². The summed E-state index contributed by atoms with van der Waals surface area (Å²) in [5, 5.41) is 13.6. The third-order valence-corrected chi connectivity index (χ3v) is 3.75. The minimum atomic E-state index is 0.479. The number of aromatic amines is 1. The van der Waals surface area contributed by atoms with E-state index >= 15 is 0 Å². The number of hydrogen-bond donors (Lipinski definition) is 1. The van der Waals surface area contributed by atoms with Crippen LogP contribution in [0.15, 0.2) is 41.5 Å². The Hall–Kier alpha value is -2.47. The molecule has 0 unspecified atom stereocenters. The highest BCUT2D eigenvalue weighted by Gasteiger charge is 2.07. The van der Waals surface area contributed by atoms with Crippen LogP contribution in [0.3, 0.4) is 0 Å². The van der Waals surface area contributed by atoms with E-state index in [0.717, 1.165) is 34.3 Å². The lowest BCUT2D eigenvalue weighted by molar-refractivity contribution is 0.415. The topological polar surface area (TPSA) is 55.2 Å². The van der Waals surface area contributed by atoms with Crippen LogP contribution in [0.2, 0.25) is 0 Å². The Labute approximate surface area is 133 Å². The van der Waals surface area contributed by atoms with Gasteiger partial charge in [0.05, 0.1) is 13.3 Å². The van der Waals surface area contributed by atoms with Gasteiger partial charge >= 0.3 is 0 Å². The summed E-state index contributed by atoms with van der Waals surface area (Å²) >= 11 is 5.21. The molecule has 6 heteroatoms. The van der Waals surface area contributed by atoms with Crippen molar-refractivity contribution < 1.29 is 4.74 Å². The normalized spacial score (nSPS) is 11.4. The van der Waals surface area contributed by atoms with Gasteiger partial charge in [-0.1, -0.05) is 37.3 Å². The monoisotopic (exact) mass is 312 g/mol. The average Bonchev–Trinajstić information content (AvgIpc) is 2.92. The van der Waals surface area contributed by atoms with Crippen molar-refractivity contribution in [2.75, 3.05) is 7.11 Å². The number of nitrogens with zero attached hydrogens (tertiary/aromatic N) is 3. The van der Waals surface area contributed by atoms with Crippen LogP contribution < -0.4 is 4.74 Å². The summed E-state index contributed by atoms with van der Waals surface area (Å²) in [6.07, 6.45) is 2.52. The Bertz CT molecular complexity index is 895. The maximum Gasteiger partial charge on any atom is 0.216 e. The van der Waals surface area contributed by atoms with Crippen LogP contribution in [0.4, 0.5) is 0 Å². The number of fused-ring (bicyclic) bond motifs is 1. The summed E-state index contributed by atoms with van der Waals surface area (Å²) in [7, 11) is 1.66. The lowest BCUT2D eigenvalue weighted by atomic mass is 10.0. The van der Waals surface area contributed by atoms with Gasteiger partial charge in [-0.05, 0) is 29.1 Å². The average molecular weight is 312 g/mol. The number of ether oxygens (including phenoxy) is 1. The second kappa shape index (κ2) is 6.11. The fourth-order valence-electron chi connectivity index (χ4n) is 2.37. The molecule has 3 rings (SSSR count). The summed E-state index contributed by atoms with van der Waals surface area (Å²) in [5.74, 6) is 1.57. The van der Waals surface area contributed by atoms with E-state index in [-0.39, 0.29) is 0 Å². The molecule has 0 atom stereocenters. The summed E-state index contributed by atoms with van der Waals surface area (Å²) in [5.41, 5.74) is 0.922. The molecule has 0 aliphatic carbocycles. The maximum absolute atomic E-state index is 5.46. The van der Waals surface area contributed by atoms with Crippen molar-refractivity contribution >= 4 is 29.2 Å². The molecule has 0 aliphatic heterocycles. The molecule has 0 saturated heterocycles. The van der Waals surface area contributed by atoms with Gasteiger partial charge in [0.2, 0.25) is 4.77 Å². The molecule has 0 radical (unpaired) electrons. The number of benzene rings is 2. The largest absolute Gasteiger partial charge is 0.496 e. The third kappa shape index (κ3) is 2.53. The Morgan fingerprint density at radius 2 is 2.14 bits per heavy atom. The first kappa shape index (κ1) is 14.5. The molecular weight excluding hydrogens is 296 g/mol. The molecule has 5 nitrogen and oxygen atoms in total. The van der Waals surface area contributed by atoms with Gasteiger partial charge in [-0.3, -0.25) is 5.10 Å². The Morgan fingerprint density at radius 3 is 2.91 bits per heavy atom. The smallest absolute Gasteiger partial charge is 0.216 e. The van der Waals surface area contributed by atoms with E-state index in [1.165, 1.54) is 0 Å². The van der Waals surface area contributed by atoms with Crippen LogP contribution in [0.25, 0.3) is 10.8 Å². The molecule has 1 aromatic heterocycles. The number of nitrogens with one attached hydrogen (secondary N) is 1. The van der Waals surface area contributed by atoms with Gasteiger partial charge in [-0.25, -0.2) is 0 Å². The van der Waals surface area contributed by atoms with Crippen molar-refractivity contribution in [1.82, 2.24) is 14.9 Å². The van der Waals surface area contributed by atoms with Crippen molar-refractivity contribution in [3.63, 3.8) is 0 Å². The highest BCUT2D eigenvalue weighted by atomic mass is 32.1. The number of rotatable bonds is 4. The van der Waals surface area contributed by atoms with Crippen LogP contribution in [0.5, 0.6) is 5.75 Å². The fraction of sp³-hybridized carbons (Fsp3) is 0.188. The first-order valence-corrected chi connectivity index (χ1v) is 7.41. The SMILES string of the molecule is CCc1n[nH]c(=S)n1/N=C\c1c(OC)ccc2ccccc12. The van der Waals surface area contributed by atoms with Crippen LogP contribution in [-0.2, 0) is 6.42 Å². The summed E-state index contributed by atoms with van der Waals surface area (Å²) in [6, 6.07) is 12.1. The van der Waals surface area contributed by atoms with Crippen molar-refractivity contribution in [1.29, 1.82) is 0 Å². The molecule has 2 aromatic carbocycles. The van der Waals surface area contributed by atoms with Crippen LogP contribution >= 0.6 is 12.2 Å². The van der Waals surface area contributed by atoms with Crippen molar-refractivity contribution in [2.24, 2.45) is 5.10 Å². The standard InChI is InChI=1S/C16H16N4OS/c1-3-15-18-19-16(22)20(15)17-10-13-12-7-5-4-6-11(12)8-9-14(13)21-2/h4-10H,3H2,1-2H3,(H,19,22)/b17-10-. The summed E-state index contributed by atoms with van der Waals surface area (Å²) < 4.78 is 7.57. The number of H-pyrrole nitrogens is 1. The molecule has 0 amide bonds. The molecule has 1 N–H and O–H groups in total. The molecule has 0 spiro atoms. The molecule has 0 aliphatic rings. The lowest BCUT2D eigenvalue weighted by Gasteiger charge is -2.08. The zero-order valence-electron chi connectivity index (χ0n) is 12.4. The van der Waals surface area contributed by atoms with E-state index < -0.39 is 0 Å². The molecule has 22 heavy (non-hydrogen) atoms. The Morgan fingerprint density at radius 1 is 1.32 bits per heavy atom. The maximum atomic E-state index is 5.46. The number of hydrogen-bond acceptors (Lipinski definition) is 4. The zero-order chi connectivity index (χ0) is 15.5. The minimum absolute atomic E-state index is 0.479. The first-order chi connectivity index (χ1) is 10.7. The summed E-state index contributed by atoms with van der Waals surface area (Å²) in [4.78, 5) is 0. The highest BCUT2D eigenvalue weighted by Crippen LogP contribution is 2.26. The molecule has 112 valence electrons. The van der Waals surface area contributed by atoms with Crippen molar-refractivity contribution in [3.05, 3.63) is 52.6 Å². The number of aromatic nitrogens is 3. The first-order valence-electron chi connectivity index (χ1n) is 7.01. The molecule has 0 bridgehead atoms. The highest BCUT2D eigenvalue weighted by molar-refractivity contribution is 7.71. The Kier molecular flexibility index (Phi) is 4.02. The number of methoxy groups -OCH3 is 1. The van der Waals surface area contributed by atoms with E-state index in [4.69, 9.17) is 17.0 Å². The molecule has 1 heterocycles. The quantitative estimate of drug-likeness (QED) is 0.592. The van der Waals surface area contributed by atoms with Gasteiger partial charge in [0.25, 0.3) is 0 Å². The lowest BCUT2D eigenvalue weighted by Crippen LogP contribution is -1.99. The van der Waals surface area contributed by atoms with E-state index in [1.807, 2.05) is 31.2 Å². The zero-order valence-corrected chi connectivity index (χ0v) is 13.2. The van der Waals surface area contributed by atoms with Crippen LogP contribution in [-0.4, -0.2) is 28.2 Å². The predicted molar refractivity (Wildman–Crippen MR) is 90.3 cm³/mol. The van der Waals surface area contributed by atoms with Gasteiger partial charge in [0, 0.05) is 12.0 Å². The van der Waals surface area contributed by atoms with Crippen molar-refractivity contribution in [3.8, 4) is 5.75 Å². The minimum Gasteiger partial charge on any atom is -0.496 e. The van der Waals surface area contributed by atoms with Crippen molar-refractivity contribution in [2.45, 2.75) is 13.3 Å². The van der Waals surface area contributed by atoms with E-state index in [1.54, 1.807) is 18.0 Å². The van der Waals surface area contributed by atoms with Gasteiger partial charge in [-0.15, -0.1) is 0 Å². The molecular formula is C16H16N4OS. The van der Waals surface area contributed by atoms with E-state index in [2.05, 4.69) is 27.4 Å². The fourth-order valence-corrected chi connectivity index (χ4v) is 2.57. The molecule has 3 aromatic rings. The van der Waals surface area contributed by atoms with Gasteiger partial charge in [0.1, 0.15) is 5.75 Å². The predicted octanol–water partition coefficient (Wildman–Crippen LogP) is 3.55. The van der Waals surface area contributed by atoms with Gasteiger partial charge in [0.15, 0.2) is 5.82 Å². The third-order valence-electron chi connectivity index (χ3n) is 3.49. The second-order valence-electron chi connectivity index (χ2n) is 4.76. The van der Waals surface area contributed by atoms with Crippen LogP contribution in [0, 0.1) is 4.77 Å². The Balaban J connectivity index is 2.15.